The van der Waals surface area contributed by atoms with Gasteiger partial charge >= 0.3 is 11.7 Å². The first kappa shape index (κ1) is 16.2. The topological polar surface area (TPSA) is 92.2 Å². The molecule has 0 aromatic carbocycles. The minimum atomic E-state index is -1.33. The van der Waals surface area contributed by atoms with Crippen molar-refractivity contribution in [2.75, 3.05) is 0 Å². The number of hydrogen-bond donors (Lipinski definition) is 2. The molecule has 112 valence electrons. The lowest BCUT2D eigenvalue weighted by atomic mass is 9.87. The van der Waals surface area contributed by atoms with E-state index in [9.17, 15) is 14.4 Å². The molecule has 0 unspecified atom stereocenters. The van der Waals surface area contributed by atoms with Gasteiger partial charge in [0.05, 0.1) is 0 Å². The summed E-state index contributed by atoms with van der Waals surface area (Å²) in [7, 11) is 0. The van der Waals surface area contributed by atoms with E-state index in [1.165, 1.54) is 4.57 Å². The van der Waals surface area contributed by atoms with Gasteiger partial charge in [-0.1, -0.05) is 40.0 Å². The maximum atomic E-state index is 11.7. The number of unbranched alkanes of at least 4 members (excludes halogenated alkanes) is 2. The van der Waals surface area contributed by atoms with E-state index in [2.05, 4.69) is 6.92 Å². The van der Waals surface area contributed by atoms with Crippen molar-refractivity contribution in [1.82, 2.24) is 9.55 Å². The fourth-order valence-corrected chi connectivity index (χ4v) is 2.17. The molecule has 0 bridgehead atoms. The number of nitrogens with one attached hydrogen (secondary N) is 1. The maximum Gasteiger partial charge on any atom is 0.342 e. The summed E-state index contributed by atoms with van der Waals surface area (Å²) in [5, 5.41) is 8.92. The maximum absolute atomic E-state index is 11.7. The number of aromatic amines is 1. The van der Waals surface area contributed by atoms with Gasteiger partial charge in [-0.15, -0.1) is 0 Å². The van der Waals surface area contributed by atoms with E-state index in [-0.39, 0.29) is 5.41 Å². The predicted molar refractivity (Wildman–Crippen MR) is 76.2 cm³/mol. The van der Waals surface area contributed by atoms with Crippen LogP contribution in [0.4, 0.5) is 0 Å². The summed E-state index contributed by atoms with van der Waals surface area (Å²) in [6.45, 7) is 6.56. The highest BCUT2D eigenvalue weighted by atomic mass is 16.4. The van der Waals surface area contributed by atoms with Gasteiger partial charge in [0, 0.05) is 12.7 Å². The molecule has 6 nitrogen and oxygen atoms in total. The molecular weight excluding hydrogens is 260 g/mol. The van der Waals surface area contributed by atoms with Crippen LogP contribution in [0.1, 0.15) is 56.8 Å². The minimum Gasteiger partial charge on any atom is -0.477 e. The molecule has 0 spiro atoms. The average molecular weight is 282 g/mol. The second-order valence-electron chi connectivity index (χ2n) is 5.86. The van der Waals surface area contributed by atoms with Gasteiger partial charge < -0.3 is 5.11 Å². The van der Waals surface area contributed by atoms with Crippen LogP contribution in [0.25, 0.3) is 0 Å². The number of carbonyl (C=O) groups is 1. The fourth-order valence-electron chi connectivity index (χ4n) is 2.17. The Labute approximate surface area is 117 Å². The van der Waals surface area contributed by atoms with Gasteiger partial charge in [0.15, 0.2) is 0 Å². The molecule has 20 heavy (non-hydrogen) atoms. The molecule has 0 radical (unpaired) electrons. The van der Waals surface area contributed by atoms with Gasteiger partial charge in [-0.3, -0.25) is 14.3 Å². The van der Waals surface area contributed by atoms with Crippen molar-refractivity contribution in [3.63, 3.8) is 0 Å². The highest BCUT2D eigenvalue weighted by Crippen LogP contribution is 2.25. The van der Waals surface area contributed by atoms with Crippen molar-refractivity contribution in [1.29, 1.82) is 0 Å². The van der Waals surface area contributed by atoms with E-state index >= 15 is 0 Å². The second kappa shape index (κ2) is 6.54. The van der Waals surface area contributed by atoms with Crippen LogP contribution < -0.4 is 11.2 Å². The first-order chi connectivity index (χ1) is 9.26. The van der Waals surface area contributed by atoms with Crippen molar-refractivity contribution >= 4 is 5.97 Å². The summed E-state index contributed by atoms with van der Waals surface area (Å²) in [6, 6.07) is 0. The summed E-state index contributed by atoms with van der Waals surface area (Å²) in [5.74, 6) is -1.33. The SMILES string of the molecule is CCCCCC(C)(C)Cn1cc(C(=O)O)c(=O)[nH]c1=O. The standard InChI is InChI=1S/C14H22N2O4/c1-4-5-6-7-14(2,3)9-16-8-10(12(18)19)11(17)15-13(16)20/h8H,4-7,9H2,1-3H3,(H,18,19)(H,15,17,20). The van der Waals surface area contributed by atoms with Crippen LogP contribution in [0.2, 0.25) is 0 Å². The van der Waals surface area contributed by atoms with Crippen LogP contribution in [-0.2, 0) is 6.54 Å². The second-order valence-corrected chi connectivity index (χ2v) is 5.86. The van der Waals surface area contributed by atoms with Crippen molar-refractivity contribution < 1.29 is 9.90 Å². The van der Waals surface area contributed by atoms with Crippen LogP contribution in [0.3, 0.4) is 0 Å². The summed E-state index contributed by atoms with van der Waals surface area (Å²) < 4.78 is 1.27. The monoisotopic (exact) mass is 282 g/mol. The molecule has 2 N–H and O–H groups in total. The van der Waals surface area contributed by atoms with Crippen molar-refractivity contribution in [3.8, 4) is 0 Å². The van der Waals surface area contributed by atoms with Crippen molar-refractivity contribution in [3.05, 3.63) is 32.6 Å². The Morgan fingerprint density at radius 2 is 2.00 bits per heavy atom. The van der Waals surface area contributed by atoms with E-state index in [1.54, 1.807) is 0 Å². The Morgan fingerprint density at radius 1 is 1.35 bits per heavy atom. The average Bonchev–Trinajstić information content (AvgIpc) is 2.32. The summed E-state index contributed by atoms with van der Waals surface area (Å²) in [6.07, 6.45) is 5.38. The third-order valence-electron chi connectivity index (χ3n) is 3.30. The van der Waals surface area contributed by atoms with Crippen LogP contribution in [-0.4, -0.2) is 20.6 Å². The highest BCUT2D eigenvalue weighted by Gasteiger charge is 2.20. The third kappa shape index (κ3) is 4.36. The molecule has 0 saturated heterocycles. The zero-order valence-corrected chi connectivity index (χ0v) is 12.2. The van der Waals surface area contributed by atoms with E-state index in [0.717, 1.165) is 31.9 Å². The largest absolute Gasteiger partial charge is 0.477 e. The summed E-state index contributed by atoms with van der Waals surface area (Å²) in [4.78, 5) is 36.1. The Balaban J connectivity index is 2.97. The number of nitrogens with zero attached hydrogens (tertiary/aromatic N) is 1. The minimum absolute atomic E-state index is 0.132. The molecule has 0 amide bonds. The molecule has 0 saturated carbocycles. The van der Waals surface area contributed by atoms with Gasteiger partial charge in [-0.25, -0.2) is 9.59 Å². The molecular formula is C14H22N2O4. The Hall–Kier alpha value is -1.85. The number of H-pyrrole nitrogens is 1. The van der Waals surface area contributed by atoms with Gasteiger partial charge in [-0.2, -0.15) is 0 Å². The lowest BCUT2D eigenvalue weighted by Gasteiger charge is -2.25. The molecule has 6 heteroatoms. The lowest BCUT2D eigenvalue weighted by Crippen LogP contribution is -2.36. The molecule has 0 aliphatic carbocycles. The van der Waals surface area contributed by atoms with E-state index in [1.807, 2.05) is 18.8 Å². The zero-order valence-electron chi connectivity index (χ0n) is 12.2. The Morgan fingerprint density at radius 3 is 2.55 bits per heavy atom. The predicted octanol–water partition coefficient (Wildman–Crippen LogP) is 1.84. The Kier molecular flexibility index (Phi) is 5.30. The van der Waals surface area contributed by atoms with E-state index in [0.29, 0.717) is 6.54 Å². The molecule has 1 rings (SSSR count). The van der Waals surface area contributed by atoms with Gasteiger partial charge in [0.25, 0.3) is 5.56 Å². The first-order valence-electron chi connectivity index (χ1n) is 6.84. The molecule has 0 atom stereocenters. The summed E-state index contributed by atoms with van der Waals surface area (Å²) >= 11 is 0. The summed E-state index contributed by atoms with van der Waals surface area (Å²) in [5.41, 5.74) is -1.97. The normalized spacial score (nSPS) is 11.6. The smallest absolute Gasteiger partial charge is 0.342 e. The molecule has 1 aromatic rings. The number of aromatic nitrogens is 2. The number of aromatic carboxylic acids is 1. The molecule has 0 aliphatic heterocycles. The van der Waals surface area contributed by atoms with Gasteiger partial charge in [-0.05, 0) is 11.8 Å². The molecule has 1 heterocycles. The number of carboxylic acid groups (broad SMARTS) is 1. The zero-order chi connectivity index (χ0) is 15.3. The quantitative estimate of drug-likeness (QED) is 0.746. The van der Waals surface area contributed by atoms with E-state index < -0.39 is 22.8 Å². The van der Waals surface area contributed by atoms with Gasteiger partial charge in [0.2, 0.25) is 0 Å². The number of hydrogen-bond acceptors (Lipinski definition) is 3. The van der Waals surface area contributed by atoms with Crippen LogP contribution in [0, 0.1) is 5.41 Å². The lowest BCUT2D eigenvalue weighted by molar-refractivity contribution is 0.0693. The van der Waals surface area contributed by atoms with Crippen LogP contribution in [0.15, 0.2) is 15.8 Å². The van der Waals surface area contributed by atoms with E-state index in [4.69, 9.17) is 5.11 Å². The molecule has 1 aromatic heterocycles. The molecule has 0 aliphatic rings. The number of rotatable bonds is 7. The molecule has 0 fully saturated rings. The van der Waals surface area contributed by atoms with Crippen LogP contribution in [0.5, 0.6) is 0 Å². The van der Waals surface area contributed by atoms with Crippen LogP contribution >= 0.6 is 0 Å². The highest BCUT2D eigenvalue weighted by molar-refractivity contribution is 5.86. The van der Waals surface area contributed by atoms with Gasteiger partial charge in [0.1, 0.15) is 5.56 Å². The fraction of sp³-hybridized carbons (Fsp3) is 0.643. The van der Waals surface area contributed by atoms with Crippen molar-refractivity contribution in [2.45, 2.75) is 53.0 Å². The van der Waals surface area contributed by atoms with Crippen molar-refractivity contribution in [2.24, 2.45) is 5.41 Å². The first-order valence-corrected chi connectivity index (χ1v) is 6.84. The third-order valence-corrected chi connectivity index (χ3v) is 3.30. The Bertz CT molecular complexity index is 584. The number of carboxylic acids is 1.